The van der Waals surface area contributed by atoms with E-state index in [1.165, 1.54) is 16.8 Å². The Morgan fingerprint density at radius 2 is 1.83 bits per heavy atom. The Hall–Kier alpha value is -3.49. The molecule has 0 aliphatic rings. The highest BCUT2D eigenvalue weighted by atomic mass is 19.1. The summed E-state index contributed by atoms with van der Waals surface area (Å²) >= 11 is 0. The number of imidazole rings is 1. The Morgan fingerprint density at radius 3 is 2.50 bits per heavy atom. The van der Waals surface area contributed by atoms with E-state index in [9.17, 15) is 18.4 Å². The van der Waals surface area contributed by atoms with Gasteiger partial charge in [0.15, 0.2) is 0 Å². The van der Waals surface area contributed by atoms with Gasteiger partial charge in [-0.2, -0.15) is 0 Å². The summed E-state index contributed by atoms with van der Waals surface area (Å²) < 4.78 is 29.1. The molecule has 0 saturated carbocycles. The predicted octanol–water partition coefficient (Wildman–Crippen LogP) is 3.70. The number of fused-ring (bicyclic) bond motifs is 1. The average molecular weight is 415 g/mol. The third-order valence-corrected chi connectivity index (χ3v) is 4.69. The summed E-state index contributed by atoms with van der Waals surface area (Å²) in [7, 11) is 4.89. The van der Waals surface area contributed by atoms with E-state index in [2.05, 4.69) is 10.3 Å². The minimum Gasteiger partial charge on any atom is -0.345 e. The SMILES string of the molecule is CCn1c(CN(C)C(=O)Nc2cc(F)ccc2F)nc2cc(C(=O)N(C)C)ccc21. The van der Waals surface area contributed by atoms with Crippen molar-refractivity contribution in [1.29, 1.82) is 0 Å². The third-order valence-electron chi connectivity index (χ3n) is 4.69. The van der Waals surface area contributed by atoms with Gasteiger partial charge in [0.25, 0.3) is 5.91 Å². The summed E-state index contributed by atoms with van der Waals surface area (Å²) in [4.78, 5) is 32.1. The molecule has 0 fully saturated rings. The second-order valence-electron chi connectivity index (χ2n) is 7.09. The molecule has 0 aliphatic heterocycles. The van der Waals surface area contributed by atoms with Gasteiger partial charge in [0.05, 0.1) is 23.3 Å². The fourth-order valence-corrected chi connectivity index (χ4v) is 3.13. The van der Waals surface area contributed by atoms with Gasteiger partial charge in [-0.1, -0.05) is 0 Å². The van der Waals surface area contributed by atoms with Crippen molar-refractivity contribution >= 4 is 28.7 Å². The molecule has 3 amide bonds. The van der Waals surface area contributed by atoms with Gasteiger partial charge in [0, 0.05) is 39.3 Å². The monoisotopic (exact) mass is 415 g/mol. The number of aryl methyl sites for hydroxylation is 1. The first kappa shape index (κ1) is 21.2. The van der Waals surface area contributed by atoms with Crippen molar-refractivity contribution in [2.24, 2.45) is 0 Å². The van der Waals surface area contributed by atoms with Crippen LogP contribution < -0.4 is 5.32 Å². The van der Waals surface area contributed by atoms with Crippen molar-refractivity contribution in [1.82, 2.24) is 19.4 Å². The summed E-state index contributed by atoms with van der Waals surface area (Å²) in [5, 5.41) is 2.36. The van der Waals surface area contributed by atoms with E-state index in [4.69, 9.17) is 0 Å². The zero-order chi connectivity index (χ0) is 22.0. The highest BCUT2D eigenvalue weighted by Gasteiger charge is 2.18. The number of nitrogens with zero attached hydrogens (tertiary/aromatic N) is 4. The molecular formula is C21H23F2N5O2. The number of rotatable bonds is 5. The molecule has 0 atom stereocenters. The normalized spacial score (nSPS) is 10.9. The van der Waals surface area contributed by atoms with E-state index >= 15 is 0 Å². The lowest BCUT2D eigenvalue weighted by molar-refractivity contribution is 0.0827. The van der Waals surface area contributed by atoms with Gasteiger partial charge in [-0.3, -0.25) is 4.79 Å². The number of hydrogen-bond acceptors (Lipinski definition) is 3. The van der Waals surface area contributed by atoms with Crippen LogP contribution in [-0.2, 0) is 13.1 Å². The number of amides is 3. The maximum atomic E-state index is 13.8. The van der Waals surface area contributed by atoms with Gasteiger partial charge in [0.1, 0.15) is 17.5 Å². The number of aromatic nitrogens is 2. The number of hydrogen-bond donors (Lipinski definition) is 1. The van der Waals surface area contributed by atoms with Crippen molar-refractivity contribution in [3.63, 3.8) is 0 Å². The molecule has 1 heterocycles. The quantitative estimate of drug-likeness (QED) is 0.691. The lowest BCUT2D eigenvalue weighted by Gasteiger charge is -2.18. The Morgan fingerprint density at radius 1 is 1.10 bits per heavy atom. The summed E-state index contributed by atoms with van der Waals surface area (Å²) in [6.45, 7) is 2.70. The number of urea groups is 1. The molecule has 158 valence electrons. The lowest BCUT2D eigenvalue weighted by atomic mass is 10.2. The smallest absolute Gasteiger partial charge is 0.322 e. The number of carbonyl (C=O) groups excluding carboxylic acids is 2. The maximum Gasteiger partial charge on any atom is 0.322 e. The van der Waals surface area contributed by atoms with Crippen LogP contribution in [0.1, 0.15) is 23.1 Å². The largest absolute Gasteiger partial charge is 0.345 e. The fourth-order valence-electron chi connectivity index (χ4n) is 3.13. The highest BCUT2D eigenvalue weighted by molar-refractivity contribution is 5.97. The van der Waals surface area contributed by atoms with E-state index in [0.29, 0.717) is 23.4 Å². The van der Waals surface area contributed by atoms with Gasteiger partial charge < -0.3 is 19.7 Å². The lowest BCUT2D eigenvalue weighted by Crippen LogP contribution is -2.32. The van der Waals surface area contributed by atoms with Gasteiger partial charge in [0.2, 0.25) is 0 Å². The third kappa shape index (κ3) is 4.24. The Kier molecular flexibility index (Phi) is 6.00. The van der Waals surface area contributed by atoms with Gasteiger partial charge in [-0.05, 0) is 37.3 Å². The van der Waals surface area contributed by atoms with E-state index in [-0.39, 0.29) is 18.1 Å². The number of carbonyl (C=O) groups is 2. The molecule has 0 unspecified atom stereocenters. The number of nitrogens with one attached hydrogen (secondary N) is 1. The summed E-state index contributed by atoms with van der Waals surface area (Å²) in [5.74, 6) is -0.889. The summed E-state index contributed by atoms with van der Waals surface area (Å²) in [6.07, 6.45) is 0. The molecule has 0 radical (unpaired) electrons. The molecule has 0 spiro atoms. The first-order chi connectivity index (χ1) is 14.2. The first-order valence-electron chi connectivity index (χ1n) is 9.39. The van der Waals surface area contributed by atoms with Gasteiger partial charge in [-0.15, -0.1) is 0 Å². The summed E-state index contributed by atoms with van der Waals surface area (Å²) in [6, 6.07) is 7.54. The Labute approximate surface area is 172 Å². The zero-order valence-corrected chi connectivity index (χ0v) is 17.2. The molecule has 0 saturated heterocycles. The second kappa shape index (κ2) is 8.48. The highest BCUT2D eigenvalue weighted by Crippen LogP contribution is 2.21. The van der Waals surface area contributed by atoms with E-state index in [1.54, 1.807) is 26.2 Å². The fraction of sp³-hybridized carbons (Fsp3) is 0.286. The van der Waals surface area contributed by atoms with Crippen LogP contribution in [-0.4, -0.2) is 52.4 Å². The van der Waals surface area contributed by atoms with Crippen LogP contribution in [0.25, 0.3) is 11.0 Å². The zero-order valence-electron chi connectivity index (χ0n) is 17.2. The molecule has 1 N–H and O–H groups in total. The Balaban J connectivity index is 1.84. The number of benzene rings is 2. The molecule has 3 rings (SSSR count). The molecule has 30 heavy (non-hydrogen) atoms. The number of halogens is 2. The predicted molar refractivity (Wildman–Crippen MR) is 110 cm³/mol. The van der Waals surface area contributed by atoms with E-state index in [1.807, 2.05) is 17.6 Å². The van der Waals surface area contributed by atoms with Crippen LogP contribution in [0.2, 0.25) is 0 Å². The second-order valence-corrected chi connectivity index (χ2v) is 7.09. The minimum atomic E-state index is -0.725. The van der Waals surface area contributed by atoms with Crippen LogP contribution in [0.5, 0.6) is 0 Å². The van der Waals surface area contributed by atoms with Crippen molar-refractivity contribution in [2.45, 2.75) is 20.0 Å². The maximum absolute atomic E-state index is 13.8. The van der Waals surface area contributed by atoms with Crippen LogP contribution in [0.3, 0.4) is 0 Å². The van der Waals surface area contributed by atoms with Crippen molar-refractivity contribution in [3.8, 4) is 0 Å². The standard InChI is InChI=1S/C21H23F2N5O2/c1-5-28-18-9-6-13(20(29)26(2)3)10-17(18)24-19(28)12-27(4)21(30)25-16-11-14(22)7-8-15(16)23/h6-11H,5,12H2,1-4H3,(H,25,30). The van der Waals surface area contributed by atoms with Crippen molar-refractivity contribution in [3.05, 3.63) is 59.4 Å². The molecule has 3 aromatic rings. The van der Waals surface area contributed by atoms with Crippen LogP contribution in [0, 0.1) is 11.6 Å². The number of anilines is 1. The van der Waals surface area contributed by atoms with Crippen molar-refractivity contribution < 1.29 is 18.4 Å². The van der Waals surface area contributed by atoms with Crippen LogP contribution >= 0.6 is 0 Å². The van der Waals surface area contributed by atoms with E-state index < -0.39 is 17.7 Å². The topological polar surface area (TPSA) is 70.5 Å². The van der Waals surface area contributed by atoms with Crippen LogP contribution in [0.15, 0.2) is 36.4 Å². The van der Waals surface area contributed by atoms with Gasteiger partial charge >= 0.3 is 6.03 Å². The molecule has 9 heteroatoms. The van der Waals surface area contributed by atoms with Crippen molar-refractivity contribution in [2.75, 3.05) is 26.5 Å². The van der Waals surface area contributed by atoms with Crippen LogP contribution in [0.4, 0.5) is 19.3 Å². The molecule has 7 nitrogen and oxygen atoms in total. The summed E-state index contributed by atoms with van der Waals surface area (Å²) in [5.41, 5.74) is 1.77. The van der Waals surface area contributed by atoms with Gasteiger partial charge in [-0.25, -0.2) is 18.6 Å². The minimum absolute atomic E-state index is 0.127. The molecule has 0 aliphatic carbocycles. The van der Waals surface area contributed by atoms with E-state index in [0.717, 1.165) is 23.7 Å². The average Bonchev–Trinajstić information content (AvgIpc) is 3.05. The Bertz CT molecular complexity index is 1110. The molecule has 1 aromatic heterocycles. The molecular weight excluding hydrogens is 392 g/mol. The molecule has 0 bridgehead atoms. The first-order valence-corrected chi connectivity index (χ1v) is 9.39. The molecule has 2 aromatic carbocycles.